The van der Waals surface area contributed by atoms with Crippen LogP contribution in [-0.4, -0.2) is 33.1 Å². The van der Waals surface area contributed by atoms with E-state index in [0.29, 0.717) is 16.3 Å². The van der Waals surface area contributed by atoms with E-state index < -0.39 is 4.92 Å². The van der Waals surface area contributed by atoms with Crippen LogP contribution in [-0.2, 0) is 4.79 Å². The number of amides is 1. The number of aromatic hydroxyl groups is 1. The Morgan fingerprint density at radius 2 is 2.24 bits per heavy atom. The summed E-state index contributed by atoms with van der Waals surface area (Å²) in [6, 6.07) is 1.31. The summed E-state index contributed by atoms with van der Waals surface area (Å²) in [5, 5.41) is 31.4. The van der Waals surface area contributed by atoms with E-state index in [4.69, 9.17) is 0 Å². The molecule has 1 aliphatic heterocycles. The molecule has 1 aromatic carbocycles. The Morgan fingerprint density at radius 3 is 2.81 bits per heavy atom. The van der Waals surface area contributed by atoms with Crippen LogP contribution in [0.15, 0.2) is 16.3 Å². The normalized spacial score (nSPS) is 16.7. The zero-order valence-electron chi connectivity index (χ0n) is 11.3. The predicted molar refractivity (Wildman–Crippen MR) is 79.9 cm³/mol. The molecular weight excluding hydrogens is 296 g/mol. The van der Waals surface area contributed by atoms with Gasteiger partial charge in [-0.2, -0.15) is 5.10 Å². The molecule has 1 fully saturated rings. The van der Waals surface area contributed by atoms with Crippen molar-refractivity contribution >= 4 is 34.7 Å². The van der Waals surface area contributed by atoms with Crippen molar-refractivity contribution in [3.8, 4) is 5.75 Å². The Kier molecular flexibility index (Phi) is 4.22. The smallest absolute Gasteiger partial charge is 0.273 e. The molecule has 0 radical (unpaired) electrons. The Balaban J connectivity index is 2.35. The average Bonchev–Trinajstić information content (AvgIpc) is 2.83. The number of aryl methyl sites for hydroxylation is 1. The Labute approximate surface area is 124 Å². The Hall–Kier alpha value is -2.42. The molecule has 9 heteroatoms. The lowest BCUT2D eigenvalue weighted by Crippen LogP contribution is -2.19. The molecule has 21 heavy (non-hydrogen) atoms. The number of carbonyl (C=O) groups excluding carboxylic acids is 1. The van der Waals surface area contributed by atoms with Crippen molar-refractivity contribution in [3.05, 3.63) is 32.9 Å². The van der Waals surface area contributed by atoms with Gasteiger partial charge in [-0.1, -0.05) is 11.8 Å². The molecule has 0 spiro atoms. The maximum atomic E-state index is 11.0. The number of carbonyl (C=O) groups is 1. The highest BCUT2D eigenvalue weighted by Crippen LogP contribution is 2.31. The van der Waals surface area contributed by atoms with E-state index in [1.54, 1.807) is 6.92 Å². The summed E-state index contributed by atoms with van der Waals surface area (Å²) in [4.78, 5) is 21.4. The number of hydrogen-bond donors (Lipinski definition) is 2. The molecule has 1 aromatic rings. The minimum Gasteiger partial charge on any atom is -0.507 e. The topological polar surface area (TPSA) is 117 Å². The number of nitro benzene ring substituents is 1. The molecule has 2 rings (SSSR count). The van der Waals surface area contributed by atoms with Crippen LogP contribution in [0.4, 0.5) is 5.69 Å². The Bertz CT molecular complexity index is 684. The van der Waals surface area contributed by atoms with E-state index in [2.05, 4.69) is 15.5 Å². The van der Waals surface area contributed by atoms with Gasteiger partial charge in [-0.05, 0) is 19.4 Å². The second kappa shape index (κ2) is 5.92. The molecule has 2 N–H and O–H groups in total. The van der Waals surface area contributed by atoms with Crippen LogP contribution < -0.4 is 5.32 Å². The largest absolute Gasteiger partial charge is 0.507 e. The number of amidine groups is 1. The first-order chi connectivity index (χ1) is 9.90. The molecule has 0 atom stereocenters. The van der Waals surface area contributed by atoms with Crippen molar-refractivity contribution in [1.29, 1.82) is 0 Å². The van der Waals surface area contributed by atoms with Crippen LogP contribution in [0.3, 0.4) is 0 Å². The number of phenols is 1. The monoisotopic (exact) mass is 308 g/mol. The summed E-state index contributed by atoms with van der Waals surface area (Å²) in [6.45, 7) is 3.09. The van der Waals surface area contributed by atoms with Crippen LogP contribution in [0.25, 0.3) is 0 Å². The minimum atomic E-state index is -0.516. The summed E-state index contributed by atoms with van der Waals surface area (Å²) in [5.41, 5.74) is 0.823. The third-order valence-electron chi connectivity index (χ3n) is 2.89. The molecule has 0 saturated carbocycles. The fraction of sp³-hybridized carbons (Fsp3) is 0.250. The number of rotatable bonds is 3. The second-order valence-electron chi connectivity index (χ2n) is 4.34. The molecule has 8 nitrogen and oxygen atoms in total. The minimum absolute atomic E-state index is 0.0786. The van der Waals surface area contributed by atoms with E-state index in [1.807, 2.05) is 0 Å². The maximum absolute atomic E-state index is 11.0. The van der Waals surface area contributed by atoms with Gasteiger partial charge in [0.25, 0.3) is 5.69 Å². The summed E-state index contributed by atoms with van der Waals surface area (Å²) in [5.74, 6) is 0.0542. The van der Waals surface area contributed by atoms with E-state index in [-0.39, 0.29) is 28.7 Å². The van der Waals surface area contributed by atoms with Crippen molar-refractivity contribution in [2.45, 2.75) is 13.8 Å². The zero-order valence-corrected chi connectivity index (χ0v) is 12.1. The van der Waals surface area contributed by atoms with Crippen LogP contribution in [0, 0.1) is 24.0 Å². The first kappa shape index (κ1) is 15.0. The van der Waals surface area contributed by atoms with Crippen LogP contribution in [0.2, 0.25) is 0 Å². The highest BCUT2D eigenvalue weighted by molar-refractivity contribution is 8.15. The third-order valence-corrected chi connectivity index (χ3v) is 3.75. The summed E-state index contributed by atoms with van der Waals surface area (Å²) < 4.78 is 0. The quantitative estimate of drug-likeness (QED) is 0.498. The zero-order chi connectivity index (χ0) is 15.6. The predicted octanol–water partition coefficient (Wildman–Crippen LogP) is 1.47. The number of phenolic OH excluding ortho intramolecular Hbond substituents is 1. The van der Waals surface area contributed by atoms with Crippen molar-refractivity contribution < 1.29 is 14.8 Å². The Morgan fingerprint density at radius 1 is 1.52 bits per heavy atom. The van der Waals surface area contributed by atoms with E-state index in [0.717, 1.165) is 0 Å². The summed E-state index contributed by atoms with van der Waals surface area (Å²) >= 11 is 1.21. The van der Waals surface area contributed by atoms with Gasteiger partial charge in [0, 0.05) is 17.2 Å². The molecule has 1 saturated heterocycles. The van der Waals surface area contributed by atoms with Gasteiger partial charge in [0.05, 0.1) is 16.9 Å². The fourth-order valence-corrected chi connectivity index (χ4v) is 2.41. The average molecular weight is 308 g/mol. The van der Waals surface area contributed by atoms with Crippen molar-refractivity contribution in [2.75, 3.05) is 5.75 Å². The lowest BCUT2D eigenvalue weighted by atomic mass is 10.0. The van der Waals surface area contributed by atoms with Gasteiger partial charge in [-0.3, -0.25) is 14.9 Å². The molecule has 0 bridgehead atoms. The number of nitrogens with zero attached hydrogens (tertiary/aromatic N) is 3. The highest BCUT2D eigenvalue weighted by Gasteiger charge is 2.19. The van der Waals surface area contributed by atoms with Gasteiger partial charge in [0.15, 0.2) is 5.17 Å². The second-order valence-corrected chi connectivity index (χ2v) is 5.31. The van der Waals surface area contributed by atoms with Gasteiger partial charge in [0.2, 0.25) is 5.91 Å². The molecule has 0 aromatic heterocycles. The number of nitrogens with one attached hydrogen (secondary N) is 1. The van der Waals surface area contributed by atoms with Gasteiger partial charge >= 0.3 is 0 Å². The molecule has 0 unspecified atom stereocenters. The third kappa shape index (κ3) is 3.19. The number of hydrogen-bond acceptors (Lipinski definition) is 7. The molecule has 0 aliphatic carbocycles. The molecule has 110 valence electrons. The van der Waals surface area contributed by atoms with Gasteiger partial charge in [-0.25, -0.2) is 0 Å². The molecule has 1 aliphatic rings. The first-order valence-electron chi connectivity index (χ1n) is 5.91. The van der Waals surface area contributed by atoms with Crippen molar-refractivity contribution in [2.24, 2.45) is 10.2 Å². The maximum Gasteiger partial charge on any atom is 0.273 e. The van der Waals surface area contributed by atoms with Crippen molar-refractivity contribution in [1.82, 2.24) is 5.32 Å². The standard InChI is InChI=1S/C12H12N4O4S/c1-6-3-9(16(19)20)7(2)8(11(6)18)4-13-15-12-14-10(17)5-21-12/h3-4,18H,5H2,1-2H3,(H,14,15,17). The first-order valence-corrected chi connectivity index (χ1v) is 6.90. The number of thioether (sulfide) groups is 1. The lowest BCUT2D eigenvalue weighted by Gasteiger charge is -2.07. The fourth-order valence-electron chi connectivity index (χ4n) is 1.78. The highest BCUT2D eigenvalue weighted by atomic mass is 32.2. The van der Waals surface area contributed by atoms with E-state index in [9.17, 15) is 20.0 Å². The molecule has 1 amide bonds. The van der Waals surface area contributed by atoms with Gasteiger partial charge in [-0.15, -0.1) is 5.10 Å². The van der Waals surface area contributed by atoms with Crippen molar-refractivity contribution in [3.63, 3.8) is 0 Å². The SMILES string of the molecule is Cc1cc([N+](=O)[O-])c(C)c(C=NN=C2NC(=O)CS2)c1O. The number of benzene rings is 1. The van der Waals surface area contributed by atoms with E-state index >= 15 is 0 Å². The lowest BCUT2D eigenvalue weighted by molar-refractivity contribution is -0.385. The van der Waals surface area contributed by atoms with Crippen LogP contribution in [0.5, 0.6) is 5.75 Å². The molecular formula is C12H12N4O4S. The van der Waals surface area contributed by atoms with E-state index in [1.165, 1.54) is 31.0 Å². The molecule has 1 heterocycles. The van der Waals surface area contributed by atoms with Crippen LogP contribution >= 0.6 is 11.8 Å². The van der Waals surface area contributed by atoms with Crippen LogP contribution in [0.1, 0.15) is 16.7 Å². The summed E-state index contributed by atoms with van der Waals surface area (Å²) in [7, 11) is 0. The summed E-state index contributed by atoms with van der Waals surface area (Å²) in [6.07, 6.45) is 1.24. The number of nitro groups is 1. The van der Waals surface area contributed by atoms with Gasteiger partial charge in [0.1, 0.15) is 5.75 Å². The van der Waals surface area contributed by atoms with Gasteiger partial charge < -0.3 is 10.4 Å².